The van der Waals surface area contributed by atoms with Crippen LogP contribution >= 0.6 is 12.6 Å². The monoisotopic (exact) mass is 452 g/mol. The highest BCUT2D eigenvalue weighted by Gasteiger charge is 2.27. The highest BCUT2D eigenvalue weighted by atomic mass is 32.2. The second-order valence-electron chi connectivity index (χ2n) is 6.75. The van der Waals surface area contributed by atoms with Gasteiger partial charge in [-0.25, -0.2) is 13.9 Å². The van der Waals surface area contributed by atoms with Gasteiger partial charge in [0.05, 0.1) is 11.5 Å². The standard InChI is InChI=1S/C21H28N2O5S2/c1-2-3-15-28-18-9-11-19(12-10-18)30(26,27)23(14-13-21(24)22-25)16-20(29)17-7-5-4-6-8-17/h4-12,20,25,29H,2-3,13-16H2,1H3,(H,22,24). The SMILES string of the molecule is CCCCOc1ccc(S(=O)(=O)N(CCC(=O)NO)CC(S)c2ccccc2)cc1. The van der Waals surface area contributed by atoms with Crippen LogP contribution in [0.3, 0.4) is 0 Å². The summed E-state index contributed by atoms with van der Waals surface area (Å²) >= 11 is 4.56. The molecule has 1 atom stereocenters. The Hall–Kier alpha value is -2.07. The van der Waals surface area contributed by atoms with Gasteiger partial charge in [0.1, 0.15) is 5.75 Å². The Morgan fingerprint density at radius 2 is 1.83 bits per heavy atom. The van der Waals surface area contributed by atoms with Crippen LogP contribution in [0.1, 0.15) is 37.0 Å². The topological polar surface area (TPSA) is 95.9 Å². The molecule has 0 aliphatic carbocycles. The maximum absolute atomic E-state index is 13.2. The van der Waals surface area contributed by atoms with Gasteiger partial charge < -0.3 is 4.74 Å². The van der Waals surface area contributed by atoms with E-state index in [1.807, 2.05) is 30.3 Å². The van der Waals surface area contributed by atoms with Gasteiger partial charge in [0, 0.05) is 24.8 Å². The van der Waals surface area contributed by atoms with E-state index >= 15 is 0 Å². The number of unbranched alkanes of at least 4 members (excludes halogenated alkanes) is 1. The number of carbonyl (C=O) groups is 1. The van der Waals surface area contributed by atoms with Crippen LogP contribution < -0.4 is 10.2 Å². The van der Waals surface area contributed by atoms with Crippen molar-refractivity contribution >= 4 is 28.6 Å². The summed E-state index contributed by atoms with van der Waals surface area (Å²) in [5.41, 5.74) is 2.40. The van der Waals surface area contributed by atoms with Crippen molar-refractivity contribution in [2.24, 2.45) is 0 Å². The molecule has 164 valence electrons. The van der Waals surface area contributed by atoms with Crippen molar-refractivity contribution in [3.63, 3.8) is 0 Å². The second-order valence-corrected chi connectivity index (χ2v) is 9.31. The zero-order valence-corrected chi connectivity index (χ0v) is 18.6. The molecule has 0 spiro atoms. The van der Waals surface area contributed by atoms with E-state index in [-0.39, 0.29) is 29.7 Å². The second kappa shape index (κ2) is 11.9. The number of sulfonamides is 1. The third-order valence-corrected chi connectivity index (χ3v) is 6.84. The lowest BCUT2D eigenvalue weighted by atomic mass is 10.1. The average Bonchev–Trinajstić information content (AvgIpc) is 2.77. The van der Waals surface area contributed by atoms with Gasteiger partial charge >= 0.3 is 0 Å². The van der Waals surface area contributed by atoms with Crippen LogP contribution in [0.2, 0.25) is 0 Å². The van der Waals surface area contributed by atoms with Crippen LogP contribution in [0.15, 0.2) is 59.5 Å². The first-order valence-electron chi connectivity index (χ1n) is 9.77. The van der Waals surface area contributed by atoms with Crippen molar-refractivity contribution in [2.45, 2.75) is 36.3 Å². The fourth-order valence-corrected chi connectivity index (χ4v) is 4.69. The van der Waals surface area contributed by atoms with Crippen LogP contribution in [-0.4, -0.2) is 43.5 Å². The van der Waals surface area contributed by atoms with E-state index in [0.717, 1.165) is 18.4 Å². The van der Waals surface area contributed by atoms with Crippen LogP contribution in [-0.2, 0) is 14.8 Å². The van der Waals surface area contributed by atoms with Crippen molar-refractivity contribution in [2.75, 3.05) is 19.7 Å². The Balaban J connectivity index is 2.20. The normalized spacial score (nSPS) is 12.5. The first-order chi connectivity index (χ1) is 14.4. The number of hydrogen-bond donors (Lipinski definition) is 3. The molecule has 1 amide bonds. The summed E-state index contributed by atoms with van der Waals surface area (Å²) < 4.78 is 33.3. The van der Waals surface area contributed by atoms with Crippen LogP contribution in [0, 0.1) is 0 Å². The first kappa shape index (κ1) is 24.2. The predicted molar refractivity (Wildman–Crippen MR) is 118 cm³/mol. The van der Waals surface area contributed by atoms with Crippen LogP contribution in [0.5, 0.6) is 5.75 Å². The number of thiol groups is 1. The molecular formula is C21H28N2O5S2. The fraction of sp³-hybridized carbons (Fsp3) is 0.381. The number of hydroxylamine groups is 1. The molecule has 30 heavy (non-hydrogen) atoms. The van der Waals surface area contributed by atoms with Gasteiger partial charge in [-0.05, 0) is 36.2 Å². The van der Waals surface area contributed by atoms with E-state index in [1.165, 1.54) is 21.9 Å². The lowest BCUT2D eigenvalue weighted by molar-refractivity contribution is -0.129. The third kappa shape index (κ3) is 7.02. The molecule has 0 bridgehead atoms. The fourth-order valence-electron chi connectivity index (χ4n) is 2.76. The highest BCUT2D eigenvalue weighted by Crippen LogP contribution is 2.26. The molecule has 0 saturated heterocycles. The summed E-state index contributed by atoms with van der Waals surface area (Å²) in [6.45, 7) is 2.62. The minimum Gasteiger partial charge on any atom is -0.494 e. The minimum absolute atomic E-state index is 0.0723. The number of carbonyl (C=O) groups excluding carboxylic acids is 1. The Kier molecular flexibility index (Phi) is 9.64. The van der Waals surface area contributed by atoms with Gasteiger partial charge in [0.15, 0.2) is 0 Å². The molecule has 0 fully saturated rings. The van der Waals surface area contributed by atoms with Gasteiger partial charge in [-0.3, -0.25) is 10.0 Å². The van der Waals surface area contributed by atoms with E-state index in [0.29, 0.717) is 12.4 Å². The molecule has 0 aliphatic heterocycles. The number of hydrogen-bond acceptors (Lipinski definition) is 6. The molecule has 0 saturated carbocycles. The van der Waals surface area contributed by atoms with E-state index < -0.39 is 15.9 Å². The largest absolute Gasteiger partial charge is 0.494 e. The van der Waals surface area contributed by atoms with E-state index in [1.54, 1.807) is 12.1 Å². The summed E-state index contributed by atoms with van der Waals surface area (Å²) in [7, 11) is -3.88. The number of nitrogens with zero attached hydrogens (tertiary/aromatic N) is 1. The minimum atomic E-state index is -3.88. The third-order valence-electron chi connectivity index (χ3n) is 4.50. The van der Waals surface area contributed by atoms with Gasteiger partial charge in [-0.2, -0.15) is 16.9 Å². The average molecular weight is 453 g/mol. The Bertz CT molecular complexity index is 889. The van der Waals surface area contributed by atoms with Gasteiger partial charge in [0.25, 0.3) is 0 Å². The summed E-state index contributed by atoms with van der Waals surface area (Å²) in [5, 5.41) is 8.37. The molecule has 2 N–H and O–H groups in total. The molecule has 2 aromatic rings. The summed E-state index contributed by atoms with van der Waals surface area (Å²) in [5.74, 6) is -0.0599. The predicted octanol–water partition coefficient (Wildman–Crippen LogP) is 3.42. The maximum Gasteiger partial charge on any atom is 0.244 e. The van der Waals surface area contributed by atoms with E-state index in [9.17, 15) is 13.2 Å². The lowest BCUT2D eigenvalue weighted by Gasteiger charge is -2.25. The molecule has 9 heteroatoms. The molecule has 1 unspecified atom stereocenters. The molecule has 2 aromatic carbocycles. The van der Waals surface area contributed by atoms with Crippen molar-refractivity contribution in [3.05, 3.63) is 60.2 Å². The van der Waals surface area contributed by atoms with Gasteiger partial charge in [-0.15, -0.1) is 0 Å². The Labute approximate surface area is 183 Å². The molecule has 7 nitrogen and oxygen atoms in total. The van der Waals surface area contributed by atoms with Crippen LogP contribution in [0.25, 0.3) is 0 Å². The molecule has 0 aliphatic rings. The molecular weight excluding hydrogens is 424 g/mol. The molecule has 0 radical (unpaired) electrons. The van der Waals surface area contributed by atoms with E-state index in [2.05, 4.69) is 19.6 Å². The Morgan fingerprint density at radius 3 is 2.43 bits per heavy atom. The molecule has 0 heterocycles. The highest BCUT2D eigenvalue weighted by molar-refractivity contribution is 7.89. The number of ether oxygens (including phenoxy) is 1. The van der Waals surface area contributed by atoms with Crippen molar-refractivity contribution in [1.82, 2.24) is 9.79 Å². The zero-order valence-electron chi connectivity index (χ0n) is 16.9. The van der Waals surface area contributed by atoms with Crippen molar-refractivity contribution in [3.8, 4) is 5.75 Å². The van der Waals surface area contributed by atoms with Crippen LogP contribution in [0.4, 0.5) is 0 Å². The molecule has 0 aromatic heterocycles. The number of amides is 1. The summed E-state index contributed by atoms with van der Waals surface area (Å²) in [6.07, 6.45) is 1.75. The molecule has 2 rings (SSSR count). The number of benzene rings is 2. The summed E-state index contributed by atoms with van der Waals surface area (Å²) in [6, 6.07) is 15.5. The van der Waals surface area contributed by atoms with Gasteiger partial charge in [-0.1, -0.05) is 43.7 Å². The Morgan fingerprint density at radius 1 is 1.17 bits per heavy atom. The summed E-state index contributed by atoms with van der Waals surface area (Å²) in [4.78, 5) is 11.6. The number of rotatable bonds is 12. The maximum atomic E-state index is 13.2. The quantitative estimate of drug-likeness (QED) is 0.198. The van der Waals surface area contributed by atoms with Crippen molar-refractivity contribution < 1.29 is 23.2 Å². The first-order valence-corrected chi connectivity index (χ1v) is 11.7. The van der Waals surface area contributed by atoms with E-state index in [4.69, 9.17) is 9.94 Å². The van der Waals surface area contributed by atoms with Crippen molar-refractivity contribution in [1.29, 1.82) is 0 Å². The zero-order chi connectivity index (χ0) is 22.0. The van der Waals surface area contributed by atoms with Gasteiger partial charge in [0.2, 0.25) is 15.9 Å². The number of nitrogens with one attached hydrogen (secondary N) is 1. The lowest BCUT2D eigenvalue weighted by Crippen LogP contribution is -2.36. The smallest absolute Gasteiger partial charge is 0.244 e.